The third-order valence-corrected chi connectivity index (χ3v) is 2.62. The maximum Gasteiger partial charge on any atom is 0.412 e. The summed E-state index contributed by atoms with van der Waals surface area (Å²) in [5.74, 6) is -0.534. The van der Waals surface area contributed by atoms with Crippen molar-refractivity contribution < 1.29 is 18.7 Å². The molecule has 0 radical (unpaired) electrons. The van der Waals surface area contributed by atoms with E-state index in [2.05, 4.69) is 25.6 Å². The number of benzene rings is 1. The van der Waals surface area contributed by atoms with Gasteiger partial charge >= 0.3 is 6.09 Å². The first-order chi connectivity index (χ1) is 10.6. The van der Waals surface area contributed by atoms with Gasteiger partial charge in [0.15, 0.2) is 5.82 Å². The molecule has 2 aromatic rings. The van der Waals surface area contributed by atoms with E-state index in [-0.39, 0.29) is 30.6 Å². The van der Waals surface area contributed by atoms with E-state index < -0.39 is 6.09 Å². The molecule has 0 saturated carbocycles. The first kappa shape index (κ1) is 15.4. The van der Waals surface area contributed by atoms with Crippen molar-refractivity contribution in [1.82, 2.24) is 20.3 Å². The van der Waals surface area contributed by atoms with Crippen LogP contribution in [0.4, 0.5) is 15.0 Å². The van der Waals surface area contributed by atoms with Gasteiger partial charge in [-0.15, -0.1) is 5.10 Å². The fourth-order valence-corrected chi connectivity index (χ4v) is 1.62. The number of hydrogen-bond acceptors (Lipinski definition) is 5. The Labute approximate surface area is 125 Å². The van der Waals surface area contributed by atoms with Crippen molar-refractivity contribution in [3.8, 4) is 0 Å². The molecule has 1 heterocycles. The second-order valence-corrected chi connectivity index (χ2v) is 4.28. The van der Waals surface area contributed by atoms with E-state index in [1.54, 1.807) is 12.1 Å². The van der Waals surface area contributed by atoms with Gasteiger partial charge in [-0.1, -0.05) is 12.1 Å². The van der Waals surface area contributed by atoms with E-state index in [1.165, 1.54) is 25.4 Å². The lowest BCUT2D eigenvalue weighted by Gasteiger charge is -2.05. The van der Waals surface area contributed by atoms with E-state index in [4.69, 9.17) is 0 Å². The highest BCUT2D eigenvalue weighted by Gasteiger charge is 2.08. The molecule has 0 unspecified atom stereocenters. The number of rotatable bonds is 5. The summed E-state index contributed by atoms with van der Waals surface area (Å²) in [6, 6.07) is 5.93. The third kappa shape index (κ3) is 4.54. The van der Waals surface area contributed by atoms with Crippen LogP contribution in [-0.2, 0) is 22.6 Å². The van der Waals surface area contributed by atoms with Gasteiger partial charge in [0.1, 0.15) is 12.4 Å². The van der Waals surface area contributed by atoms with E-state index >= 15 is 0 Å². The Morgan fingerprint density at radius 3 is 2.95 bits per heavy atom. The predicted molar refractivity (Wildman–Crippen MR) is 74.3 cm³/mol. The van der Waals surface area contributed by atoms with Crippen molar-refractivity contribution in [3.05, 3.63) is 41.8 Å². The molecule has 1 aromatic heterocycles. The molecule has 2 rings (SSSR count). The highest BCUT2D eigenvalue weighted by atomic mass is 19.1. The lowest BCUT2D eigenvalue weighted by molar-refractivity contribution is -0.122. The fourth-order valence-electron chi connectivity index (χ4n) is 1.62. The molecule has 0 aliphatic rings. The number of hydrogen-bond donors (Lipinski definition) is 2. The summed E-state index contributed by atoms with van der Waals surface area (Å²) in [4.78, 5) is 23.8. The van der Waals surface area contributed by atoms with Crippen molar-refractivity contribution in [1.29, 1.82) is 0 Å². The number of anilines is 1. The average Bonchev–Trinajstić information content (AvgIpc) is 2.92. The van der Waals surface area contributed by atoms with E-state index in [0.29, 0.717) is 5.56 Å². The monoisotopic (exact) mass is 307 g/mol. The molecular formula is C13H14FN5O3. The number of amides is 2. The molecule has 1 aromatic carbocycles. The number of carbonyl (C=O) groups is 2. The molecule has 2 amide bonds. The Morgan fingerprint density at radius 1 is 1.41 bits per heavy atom. The smallest absolute Gasteiger partial charge is 0.412 e. The van der Waals surface area contributed by atoms with Crippen LogP contribution in [0.2, 0.25) is 0 Å². The van der Waals surface area contributed by atoms with Gasteiger partial charge in [0.25, 0.3) is 0 Å². The molecule has 0 spiro atoms. The Balaban J connectivity index is 1.83. The maximum atomic E-state index is 13.0. The Hall–Kier alpha value is -2.97. The molecule has 2 N–H and O–H groups in total. The second kappa shape index (κ2) is 7.16. The van der Waals surface area contributed by atoms with E-state index in [0.717, 1.165) is 4.80 Å². The molecule has 8 nitrogen and oxygen atoms in total. The summed E-state index contributed by atoms with van der Waals surface area (Å²) in [6.07, 6.45) is 0.610. The Morgan fingerprint density at radius 2 is 2.23 bits per heavy atom. The van der Waals surface area contributed by atoms with Crippen LogP contribution in [0.5, 0.6) is 0 Å². The van der Waals surface area contributed by atoms with Crippen LogP contribution in [0.1, 0.15) is 5.56 Å². The first-order valence-corrected chi connectivity index (χ1v) is 6.33. The zero-order chi connectivity index (χ0) is 15.9. The third-order valence-electron chi connectivity index (χ3n) is 2.62. The molecular weight excluding hydrogens is 293 g/mol. The second-order valence-electron chi connectivity index (χ2n) is 4.28. The van der Waals surface area contributed by atoms with Crippen molar-refractivity contribution >= 4 is 17.8 Å². The molecule has 0 atom stereocenters. The molecule has 22 heavy (non-hydrogen) atoms. The summed E-state index contributed by atoms with van der Waals surface area (Å²) in [5, 5.41) is 12.6. The number of halogens is 1. The lowest BCUT2D eigenvalue weighted by atomic mass is 10.2. The molecule has 116 valence electrons. The largest absolute Gasteiger partial charge is 0.453 e. The van der Waals surface area contributed by atoms with Crippen molar-refractivity contribution in [2.24, 2.45) is 0 Å². The number of nitrogens with one attached hydrogen (secondary N) is 2. The van der Waals surface area contributed by atoms with Gasteiger partial charge in [-0.2, -0.15) is 9.90 Å². The van der Waals surface area contributed by atoms with Crippen LogP contribution in [-0.4, -0.2) is 34.1 Å². The Bertz CT molecular complexity index is 673. The first-order valence-electron chi connectivity index (χ1n) is 6.33. The topological polar surface area (TPSA) is 98.1 Å². The highest BCUT2D eigenvalue weighted by Crippen LogP contribution is 2.03. The molecule has 0 aliphatic heterocycles. The number of aromatic nitrogens is 3. The average molecular weight is 307 g/mol. The normalized spacial score (nSPS) is 10.1. The minimum atomic E-state index is -0.678. The van der Waals surface area contributed by atoms with Crippen LogP contribution >= 0.6 is 0 Å². The zero-order valence-electron chi connectivity index (χ0n) is 11.7. The maximum absolute atomic E-state index is 13.0. The van der Waals surface area contributed by atoms with E-state index in [9.17, 15) is 14.0 Å². The molecule has 0 aliphatic carbocycles. The SMILES string of the molecule is COC(=O)Nc1cnn(CC(=O)NCc2cccc(F)c2)n1. The molecule has 0 saturated heterocycles. The zero-order valence-corrected chi connectivity index (χ0v) is 11.7. The van der Waals surface area contributed by atoms with Gasteiger partial charge in [-0.05, 0) is 17.7 Å². The van der Waals surface area contributed by atoms with E-state index in [1.807, 2.05) is 0 Å². The summed E-state index contributed by atoms with van der Waals surface area (Å²) >= 11 is 0. The number of nitrogens with zero attached hydrogens (tertiary/aromatic N) is 3. The van der Waals surface area contributed by atoms with Gasteiger partial charge in [-0.3, -0.25) is 10.1 Å². The van der Waals surface area contributed by atoms with Crippen molar-refractivity contribution in [3.63, 3.8) is 0 Å². The van der Waals surface area contributed by atoms with Crippen LogP contribution in [0.25, 0.3) is 0 Å². The predicted octanol–water partition coefficient (Wildman–Crippen LogP) is 0.912. The van der Waals surface area contributed by atoms with Gasteiger partial charge in [-0.25, -0.2) is 9.18 Å². The van der Waals surface area contributed by atoms with Gasteiger partial charge < -0.3 is 10.1 Å². The molecule has 9 heteroatoms. The van der Waals surface area contributed by atoms with Crippen LogP contribution in [0.15, 0.2) is 30.5 Å². The van der Waals surface area contributed by atoms with Gasteiger partial charge in [0, 0.05) is 6.54 Å². The molecule has 0 fully saturated rings. The van der Waals surface area contributed by atoms with Crippen molar-refractivity contribution in [2.45, 2.75) is 13.1 Å². The quantitative estimate of drug-likeness (QED) is 0.855. The minimum Gasteiger partial charge on any atom is -0.453 e. The summed E-state index contributed by atoms with van der Waals surface area (Å²) in [5.41, 5.74) is 0.648. The Kier molecular flexibility index (Phi) is 5.02. The minimum absolute atomic E-state index is 0.127. The summed E-state index contributed by atoms with van der Waals surface area (Å²) in [6.45, 7) is 0.0727. The fraction of sp³-hybridized carbons (Fsp3) is 0.231. The number of ether oxygens (including phenoxy) is 1. The number of methoxy groups -OCH3 is 1. The summed E-state index contributed by atoms with van der Waals surface area (Å²) < 4.78 is 17.4. The van der Waals surface area contributed by atoms with Gasteiger partial charge in [0.05, 0.1) is 13.3 Å². The van der Waals surface area contributed by atoms with Crippen LogP contribution in [0, 0.1) is 5.82 Å². The molecule has 0 bridgehead atoms. The van der Waals surface area contributed by atoms with Crippen molar-refractivity contribution in [2.75, 3.05) is 12.4 Å². The standard InChI is InChI=1S/C13H14FN5O3/c1-22-13(21)17-11-7-16-19(18-11)8-12(20)15-6-9-3-2-4-10(14)5-9/h2-5,7H,6,8H2,1H3,(H,15,20)(H,17,18,21). The van der Waals surface area contributed by atoms with Crippen LogP contribution < -0.4 is 10.6 Å². The highest BCUT2D eigenvalue weighted by molar-refractivity contribution is 5.82. The lowest BCUT2D eigenvalue weighted by Crippen LogP contribution is -2.28. The summed E-state index contributed by atoms with van der Waals surface area (Å²) in [7, 11) is 1.22. The number of carbonyl (C=O) groups excluding carboxylic acids is 2. The van der Waals surface area contributed by atoms with Crippen LogP contribution in [0.3, 0.4) is 0 Å². The van der Waals surface area contributed by atoms with Gasteiger partial charge in [0.2, 0.25) is 5.91 Å².